The van der Waals surface area contributed by atoms with E-state index >= 15 is 0 Å². The molecule has 0 saturated heterocycles. The number of aliphatic carboxylic acids is 1. The fourth-order valence-electron chi connectivity index (χ4n) is 1.68. The van der Waals surface area contributed by atoms with Gasteiger partial charge in [-0.05, 0) is 33.6 Å². The van der Waals surface area contributed by atoms with Gasteiger partial charge in [-0.1, -0.05) is 13.8 Å². The Morgan fingerprint density at radius 3 is 2.11 bits per heavy atom. The maximum absolute atomic E-state index is 12.0. The lowest BCUT2D eigenvalue weighted by molar-refractivity contribution is -0.140. The number of amides is 1. The lowest BCUT2D eigenvalue weighted by Crippen LogP contribution is -2.52. The molecule has 0 radical (unpaired) electrons. The molecule has 0 saturated carbocycles. The number of carboxylic acids is 1. The third-order valence-electron chi connectivity index (χ3n) is 3.35. The summed E-state index contributed by atoms with van der Waals surface area (Å²) in [7, 11) is 0. The van der Waals surface area contributed by atoms with Gasteiger partial charge in [0.1, 0.15) is 0 Å². The van der Waals surface area contributed by atoms with Crippen molar-refractivity contribution in [2.24, 2.45) is 0 Å². The van der Waals surface area contributed by atoms with Gasteiger partial charge in [0.25, 0.3) is 0 Å². The molecule has 5 nitrogen and oxygen atoms in total. The Morgan fingerprint density at radius 1 is 1.17 bits per heavy atom. The van der Waals surface area contributed by atoms with Crippen LogP contribution >= 0.6 is 0 Å². The van der Waals surface area contributed by atoms with Crippen molar-refractivity contribution in [1.82, 2.24) is 10.2 Å². The Balaban J connectivity index is 4.67. The molecule has 0 aliphatic heterocycles. The van der Waals surface area contributed by atoms with Crippen LogP contribution in [-0.4, -0.2) is 46.6 Å². The van der Waals surface area contributed by atoms with Crippen LogP contribution < -0.4 is 5.32 Å². The molecule has 106 valence electrons. The van der Waals surface area contributed by atoms with Crippen molar-refractivity contribution in [3.63, 3.8) is 0 Å². The van der Waals surface area contributed by atoms with E-state index in [1.54, 1.807) is 11.8 Å². The lowest BCUT2D eigenvalue weighted by Gasteiger charge is -2.32. The predicted octanol–water partition coefficient (Wildman–Crippen LogP) is 1.47. The van der Waals surface area contributed by atoms with Crippen LogP contribution in [0.3, 0.4) is 0 Å². The molecule has 0 aromatic carbocycles. The Kier molecular flexibility index (Phi) is 7.59. The zero-order valence-corrected chi connectivity index (χ0v) is 12.1. The average Bonchev–Trinajstić information content (AvgIpc) is 2.33. The first-order valence-electron chi connectivity index (χ1n) is 6.61. The molecule has 5 heteroatoms. The molecule has 0 aliphatic carbocycles. The Bertz CT molecular complexity index is 281. The van der Waals surface area contributed by atoms with Crippen LogP contribution in [0.1, 0.15) is 47.5 Å². The van der Waals surface area contributed by atoms with Crippen molar-refractivity contribution in [3.05, 3.63) is 0 Å². The fraction of sp³-hybridized carbons (Fsp3) is 0.846. The van der Waals surface area contributed by atoms with E-state index in [-0.39, 0.29) is 24.5 Å². The van der Waals surface area contributed by atoms with Crippen LogP contribution in [-0.2, 0) is 9.59 Å². The molecule has 2 N–H and O–H groups in total. The molecule has 0 aliphatic rings. The molecule has 18 heavy (non-hydrogen) atoms. The zero-order valence-electron chi connectivity index (χ0n) is 12.1. The van der Waals surface area contributed by atoms with Gasteiger partial charge in [0.05, 0.1) is 12.6 Å². The van der Waals surface area contributed by atoms with Crippen LogP contribution in [0.5, 0.6) is 0 Å². The molecule has 0 aromatic heterocycles. The molecule has 0 heterocycles. The molecule has 0 spiro atoms. The van der Waals surface area contributed by atoms with Gasteiger partial charge in [0.2, 0.25) is 5.91 Å². The summed E-state index contributed by atoms with van der Waals surface area (Å²) >= 11 is 0. The van der Waals surface area contributed by atoms with E-state index in [2.05, 4.69) is 5.32 Å². The van der Waals surface area contributed by atoms with Gasteiger partial charge in [-0.3, -0.25) is 14.5 Å². The first kappa shape index (κ1) is 16.9. The highest BCUT2D eigenvalue weighted by Crippen LogP contribution is 2.09. The van der Waals surface area contributed by atoms with Gasteiger partial charge < -0.3 is 10.4 Å². The summed E-state index contributed by atoms with van der Waals surface area (Å²) in [5.74, 6) is -1.01. The van der Waals surface area contributed by atoms with E-state index in [4.69, 9.17) is 5.11 Å². The zero-order chi connectivity index (χ0) is 14.3. The molecular weight excluding hydrogens is 232 g/mol. The molecule has 0 bridgehead atoms. The van der Waals surface area contributed by atoms with Crippen molar-refractivity contribution in [2.45, 2.75) is 65.6 Å². The van der Waals surface area contributed by atoms with Crippen LogP contribution in [0.2, 0.25) is 0 Å². The van der Waals surface area contributed by atoms with E-state index in [1.165, 1.54) is 0 Å². The van der Waals surface area contributed by atoms with Crippen LogP contribution in [0.4, 0.5) is 0 Å². The SMILES string of the molecule is CCC(C)NC(=O)C(C)N(CC(=O)O)C(C)CC. The predicted molar refractivity (Wildman–Crippen MR) is 71.5 cm³/mol. The Hall–Kier alpha value is -1.10. The summed E-state index contributed by atoms with van der Waals surface area (Å²) in [6.45, 7) is 9.51. The van der Waals surface area contributed by atoms with Crippen LogP contribution in [0.15, 0.2) is 0 Å². The van der Waals surface area contributed by atoms with E-state index < -0.39 is 12.0 Å². The standard InChI is InChI=1S/C13H26N2O3/c1-6-9(3)14-13(18)11(5)15(8-12(16)17)10(4)7-2/h9-11H,6-8H2,1-5H3,(H,14,18)(H,16,17). The normalized spacial score (nSPS) is 16.1. The largest absolute Gasteiger partial charge is 0.480 e. The molecule has 3 atom stereocenters. The topological polar surface area (TPSA) is 69.6 Å². The molecule has 0 rings (SSSR count). The smallest absolute Gasteiger partial charge is 0.317 e. The molecule has 3 unspecified atom stereocenters. The van der Waals surface area contributed by atoms with Gasteiger partial charge in [-0.15, -0.1) is 0 Å². The van der Waals surface area contributed by atoms with Crippen molar-refractivity contribution < 1.29 is 14.7 Å². The highest BCUT2D eigenvalue weighted by atomic mass is 16.4. The minimum absolute atomic E-state index is 0.0683. The number of nitrogens with one attached hydrogen (secondary N) is 1. The summed E-state index contributed by atoms with van der Waals surface area (Å²) in [4.78, 5) is 24.6. The highest BCUT2D eigenvalue weighted by Gasteiger charge is 2.27. The van der Waals surface area contributed by atoms with Crippen molar-refractivity contribution in [1.29, 1.82) is 0 Å². The van der Waals surface area contributed by atoms with Gasteiger partial charge in [-0.2, -0.15) is 0 Å². The van der Waals surface area contributed by atoms with E-state index in [0.29, 0.717) is 0 Å². The average molecular weight is 258 g/mol. The van der Waals surface area contributed by atoms with Gasteiger partial charge in [0.15, 0.2) is 0 Å². The minimum Gasteiger partial charge on any atom is -0.480 e. The number of carbonyl (C=O) groups excluding carboxylic acids is 1. The molecule has 0 aromatic rings. The summed E-state index contributed by atoms with van der Waals surface area (Å²) in [6, 6.07) is -0.243. The number of hydrogen-bond donors (Lipinski definition) is 2. The third-order valence-corrected chi connectivity index (χ3v) is 3.35. The highest BCUT2D eigenvalue weighted by molar-refractivity contribution is 5.82. The second kappa shape index (κ2) is 8.08. The summed E-state index contributed by atoms with van der Waals surface area (Å²) < 4.78 is 0. The van der Waals surface area contributed by atoms with Crippen LogP contribution in [0.25, 0.3) is 0 Å². The van der Waals surface area contributed by atoms with Crippen molar-refractivity contribution in [2.75, 3.05) is 6.54 Å². The molecular formula is C13H26N2O3. The summed E-state index contributed by atoms with van der Waals surface area (Å²) in [5.41, 5.74) is 0. The van der Waals surface area contributed by atoms with Crippen molar-refractivity contribution in [3.8, 4) is 0 Å². The molecule has 0 fully saturated rings. The number of rotatable bonds is 8. The van der Waals surface area contributed by atoms with E-state index in [1.807, 2.05) is 27.7 Å². The third kappa shape index (κ3) is 5.49. The number of carbonyl (C=O) groups is 2. The fourth-order valence-corrected chi connectivity index (χ4v) is 1.68. The van der Waals surface area contributed by atoms with E-state index in [9.17, 15) is 9.59 Å². The number of hydrogen-bond acceptors (Lipinski definition) is 3. The van der Waals surface area contributed by atoms with Gasteiger partial charge in [-0.25, -0.2) is 0 Å². The minimum atomic E-state index is -0.904. The van der Waals surface area contributed by atoms with Crippen LogP contribution in [0, 0.1) is 0 Å². The van der Waals surface area contributed by atoms with Gasteiger partial charge >= 0.3 is 5.97 Å². The summed E-state index contributed by atoms with van der Waals surface area (Å²) in [6.07, 6.45) is 1.68. The second-order valence-electron chi connectivity index (χ2n) is 4.82. The summed E-state index contributed by atoms with van der Waals surface area (Å²) in [5, 5.41) is 11.8. The Labute approximate surface area is 110 Å². The first-order valence-corrected chi connectivity index (χ1v) is 6.61. The second-order valence-corrected chi connectivity index (χ2v) is 4.82. The number of nitrogens with zero attached hydrogens (tertiary/aromatic N) is 1. The maximum Gasteiger partial charge on any atom is 0.317 e. The molecule has 1 amide bonds. The van der Waals surface area contributed by atoms with E-state index in [0.717, 1.165) is 12.8 Å². The quantitative estimate of drug-likeness (QED) is 0.692. The maximum atomic E-state index is 12.0. The lowest BCUT2D eigenvalue weighted by atomic mass is 10.1. The van der Waals surface area contributed by atoms with Gasteiger partial charge in [0, 0.05) is 12.1 Å². The monoisotopic (exact) mass is 258 g/mol. The van der Waals surface area contributed by atoms with Crippen molar-refractivity contribution >= 4 is 11.9 Å². The first-order chi connectivity index (χ1) is 8.33. The Morgan fingerprint density at radius 2 is 1.72 bits per heavy atom. The number of carboxylic acid groups (broad SMARTS) is 1.